The Bertz CT molecular complexity index is 269. The van der Waals surface area contributed by atoms with Crippen LogP contribution in [0.2, 0.25) is 0 Å². The van der Waals surface area contributed by atoms with Gasteiger partial charge in [-0.3, -0.25) is 0 Å². The van der Waals surface area contributed by atoms with Crippen LogP contribution in [0.4, 0.5) is 0 Å². The first-order valence-electron chi connectivity index (χ1n) is 3.09. The molecule has 1 unspecified atom stereocenters. The van der Waals surface area contributed by atoms with Crippen LogP contribution in [0.5, 0.6) is 0 Å². The Balaban J connectivity index is 0. The Morgan fingerprint density at radius 3 is 2.38 bits per heavy atom. The van der Waals surface area contributed by atoms with Crippen LogP contribution in [0.1, 0.15) is 5.56 Å². The minimum atomic E-state index is -0.211. The van der Waals surface area contributed by atoms with E-state index in [-0.39, 0.29) is 41.4 Å². The fourth-order valence-electron chi connectivity index (χ4n) is 0.692. The van der Waals surface area contributed by atoms with E-state index in [2.05, 4.69) is 4.99 Å². The average Bonchev–Trinajstić information content (AvgIpc) is 2.31. The number of hydrogen-bond acceptors (Lipinski definition) is 2. The highest BCUT2D eigenvalue weighted by atomic mass is 35.5. The highest BCUT2D eigenvalue weighted by Gasteiger charge is 2.00. The lowest BCUT2D eigenvalue weighted by Gasteiger charge is -1.88. The Morgan fingerprint density at radius 2 is 2.00 bits per heavy atom. The third kappa shape index (κ3) is 5.70. The van der Waals surface area contributed by atoms with Crippen LogP contribution in [-0.2, 0) is 6.54 Å². The lowest BCUT2D eigenvalue weighted by molar-refractivity contribution is 1.06. The van der Waals surface area contributed by atoms with Crippen molar-refractivity contribution >= 4 is 41.4 Å². The van der Waals surface area contributed by atoms with Gasteiger partial charge in [-0.15, -0.1) is 30.0 Å². The number of rotatable bonds is 2. The maximum atomic E-state index is 5.59. The first-order chi connectivity index (χ1) is 5.18. The van der Waals surface area contributed by atoms with Crippen LogP contribution in [0, 0.1) is 0 Å². The van der Waals surface area contributed by atoms with E-state index in [9.17, 15) is 0 Å². The monoisotopic (exact) mass is 243 g/mol. The molecule has 0 aromatic carbocycles. The van der Waals surface area contributed by atoms with Gasteiger partial charge in [0.1, 0.15) is 0 Å². The van der Waals surface area contributed by atoms with Crippen LogP contribution in [0.15, 0.2) is 21.8 Å². The summed E-state index contributed by atoms with van der Waals surface area (Å²) < 4.78 is 0. The highest BCUT2D eigenvalue weighted by molar-refractivity contribution is 7.28. The standard InChI is InChI=1S/C6H11N4S.2ClH/c7-6(8)10-3-5-1-2-11(9)4-5;;/h1-2,4H,3,9H2,(H4,7,8,10);2*1H/q+1;;. The summed E-state index contributed by atoms with van der Waals surface area (Å²) in [7, 11) is -0.211. The van der Waals surface area contributed by atoms with Crippen molar-refractivity contribution in [1.29, 1.82) is 0 Å². The van der Waals surface area contributed by atoms with Crippen molar-refractivity contribution in [2.45, 2.75) is 6.54 Å². The minimum Gasteiger partial charge on any atom is -0.370 e. The van der Waals surface area contributed by atoms with Gasteiger partial charge >= 0.3 is 0 Å². The maximum absolute atomic E-state index is 5.59. The molecular formula is C6H13Cl2N4S+. The number of hydrogen-bond donors (Lipinski definition) is 3. The first-order valence-corrected chi connectivity index (χ1v) is 4.50. The summed E-state index contributed by atoms with van der Waals surface area (Å²) in [5.41, 5.74) is 11.4. The molecule has 1 rings (SSSR count). The molecule has 1 heterocycles. The molecule has 1 aromatic heterocycles. The zero-order valence-corrected chi connectivity index (χ0v) is 9.29. The van der Waals surface area contributed by atoms with Gasteiger partial charge < -0.3 is 11.5 Å². The topological polar surface area (TPSA) is 90.4 Å². The van der Waals surface area contributed by atoms with Gasteiger partial charge in [-0.05, 0) is 0 Å². The Morgan fingerprint density at radius 1 is 1.38 bits per heavy atom. The maximum Gasteiger partial charge on any atom is 0.186 e. The third-order valence-corrected chi connectivity index (χ3v) is 2.20. The molecule has 0 saturated heterocycles. The third-order valence-electron chi connectivity index (χ3n) is 1.17. The van der Waals surface area contributed by atoms with E-state index in [0.717, 1.165) is 5.56 Å². The van der Waals surface area contributed by atoms with Crippen molar-refractivity contribution in [2.24, 2.45) is 16.5 Å². The molecular weight excluding hydrogens is 231 g/mol. The van der Waals surface area contributed by atoms with Gasteiger partial charge in [0, 0.05) is 11.6 Å². The summed E-state index contributed by atoms with van der Waals surface area (Å²) in [6.45, 7) is 0.527. The first kappa shape index (κ1) is 15.0. The number of nitrogen functional groups attached to an aromatic ring is 1. The molecule has 0 aliphatic rings. The average molecular weight is 244 g/mol. The van der Waals surface area contributed by atoms with Gasteiger partial charge in [-0.25, -0.2) is 4.99 Å². The van der Waals surface area contributed by atoms with Gasteiger partial charge in [-0.1, -0.05) is 0 Å². The second-order valence-corrected chi connectivity index (χ2v) is 3.47. The smallest absolute Gasteiger partial charge is 0.186 e. The predicted molar refractivity (Wildman–Crippen MR) is 63.1 cm³/mol. The summed E-state index contributed by atoms with van der Waals surface area (Å²) in [4.78, 5) is 3.84. The molecule has 0 bridgehead atoms. The van der Waals surface area contributed by atoms with E-state index >= 15 is 0 Å². The van der Waals surface area contributed by atoms with Crippen LogP contribution in [-0.4, -0.2) is 5.96 Å². The Hall–Kier alpha value is -0.490. The lowest BCUT2D eigenvalue weighted by Crippen LogP contribution is -2.22. The van der Waals surface area contributed by atoms with Crippen molar-refractivity contribution < 1.29 is 0 Å². The molecule has 0 aliphatic carbocycles. The molecule has 0 aliphatic heterocycles. The largest absolute Gasteiger partial charge is 0.370 e. The number of nitrogens with two attached hydrogens (primary N) is 3. The Labute approximate surface area is 92.1 Å². The predicted octanol–water partition coefficient (Wildman–Crippen LogP) is 0.767. The SMILES string of the molecule is Cl.Cl.NC(N)=NCc1cc[s+](N)c1. The minimum absolute atomic E-state index is 0. The molecule has 7 heteroatoms. The van der Waals surface area contributed by atoms with Gasteiger partial charge in [0.15, 0.2) is 16.7 Å². The van der Waals surface area contributed by atoms with Crippen molar-refractivity contribution in [3.8, 4) is 0 Å². The second kappa shape index (κ2) is 6.97. The fourth-order valence-corrected chi connectivity index (χ4v) is 1.61. The molecule has 1 aromatic rings. The van der Waals surface area contributed by atoms with Gasteiger partial charge in [-0.2, -0.15) is 0 Å². The van der Waals surface area contributed by atoms with Crippen molar-refractivity contribution in [1.82, 2.24) is 0 Å². The Kier molecular flexibility index (Phi) is 8.04. The van der Waals surface area contributed by atoms with Gasteiger partial charge in [0.25, 0.3) is 0 Å². The van der Waals surface area contributed by atoms with Gasteiger partial charge in [0.05, 0.1) is 17.2 Å². The summed E-state index contributed by atoms with van der Waals surface area (Å²) in [5, 5.41) is 9.46. The van der Waals surface area contributed by atoms with E-state index in [1.165, 1.54) is 0 Å². The van der Waals surface area contributed by atoms with Crippen LogP contribution in [0.3, 0.4) is 0 Å². The molecule has 0 saturated carbocycles. The van der Waals surface area contributed by atoms with E-state index in [0.29, 0.717) is 6.54 Å². The normalized spacial score (nSPS) is 9.46. The van der Waals surface area contributed by atoms with E-state index in [1.54, 1.807) is 0 Å². The number of halogens is 2. The van der Waals surface area contributed by atoms with Gasteiger partial charge in [0.2, 0.25) is 0 Å². The number of guanidine groups is 1. The molecule has 0 fully saturated rings. The molecule has 76 valence electrons. The molecule has 6 N–H and O–H groups in total. The summed E-state index contributed by atoms with van der Waals surface area (Å²) in [5.74, 6) is 0.114. The van der Waals surface area contributed by atoms with Crippen molar-refractivity contribution in [3.05, 3.63) is 22.4 Å². The van der Waals surface area contributed by atoms with E-state index in [1.807, 2.05) is 16.8 Å². The second-order valence-electron chi connectivity index (χ2n) is 2.14. The zero-order chi connectivity index (χ0) is 8.27. The number of thiophene rings is 1. The molecule has 0 radical (unpaired) electrons. The van der Waals surface area contributed by atoms with Crippen molar-refractivity contribution in [3.63, 3.8) is 0 Å². The fraction of sp³-hybridized carbons (Fsp3) is 0.167. The van der Waals surface area contributed by atoms with E-state index in [4.69, 9.17) is 16.6 Å². The molecule has 13 heavy (non-hydrogen) atoms. The van der Waals surface area contributed by atoms with Crippen molar-refractivity contribution in [2.75, 3.05) is 5.14 Å². The highest BCUT2D eigenvalue weighted by Crippen LogP contribution is 2.13. The summed E-state index contributed by atoms with van der Waals surface area (Å²) >= 11 is 0. The quantitative estimate of drug-likeness (QED) is 0.407. The molecule has 0 spiro atoms. The molecule has 0 amide bonds. The number of nitrogens with zero attached hydrogens (tertiary/aromatic N) is 1. The van der Waals surface area contributed by atoms with Crippen LogP contribution < -0.4 is 16.6 Å². The van der Waals surface area contributed by atoms with Crippen LogP contribution >= 0.6 is 35.5 Å². The number of aliphatic imine (C=N–C) groups is 1. The molecule has 1 atom stereocenters. The van der Waals surface area contributed by atoms with Crippen LogP contribution in [0.25, 0.3) is 0 Å². The summed E-state index contributed by atoms with van der Waals surface area (Å²) in [6.07, 6.45) is 0. The lowest BCUT2D eigenvalue weighted by atomic mass is 10.3. The van der Waals surface area contributed by atoms with E-state index < -0.39 is 0 Å². The zero-order valence-electron chi connectivity index (χ0n) is 6.84. The molecule has 4 nitrogen and oxygen atoms in total. The summed E-state index contributed by atoms with van der Waals surface area (Å²) in [6, 6.07) is 1.94.